The molecule has 3 nitrogen and oxygen atoms in total. The summed E-state index contributed by atoms with van der Waals surface area (Å²) in [7, 11) is 1.39. The highest BCUT2D eigenvalue weighted by Crippen LogP contribution is 2.30. The summed E-state index contributed by atoms with van der Waals surface area (Å²) in [5, 5.41) is 1.71. The molecule has 0 aliphatic carbocycles. The standard InChI is InChI=1S/C27H22O3/c1-29-27(28)24-11-5-9-23-10-6-12-25(26(23)24)30-19-22-17-15-21(16-18-22)14-13-20-7-3-2-4-8-20/h2-18H,19H2,1H3. The average molecular weight is 394 g/mol. The Morgan fingerprint density at radius 2 is 1.43 bits per heavy atom. The molecule has 3 heteroatoms. The molecule has 4 rings (SSSR count). The number of methoxy groups -OCH3 is 1. The summed E-state index contributed by atoms with van der Waals surface area (Å²) < 4.78 is 11.0. The zero-order valence-corrected chi connectivity index (χ0v) is 16.7. The quantitative estimate of drug-likeness (QED) is 0.281. The van der Waals surface area contributed by atoms with Gasteiger partial charge < -0.3 is 9.47 Å². The van der Waals surface area contributed by atoms with Crippen LogP contribution in [0.5, 0.6) is 5.75 Å². The maximum Gasteiger partial charge on any atom is 0.338 e. The van der Waals surface area contributed by atoms with E-state index in [0.29, 0.717) is 17.9 Å². The molecule has 0 spiro atoms. The van der Waals surface area contributed by atoms with Crippen LogP contribution in [0.15, 0.2) is 91.0 Å². The fraction of sp³-hybridized carbons (Fsp3) is 0.0741. The number of fused-ring (bicyclic) bond motifs is 1. The number of rotatable bonds is 6. The van der Waals surface area contributed by atoms with Crippen molar-refractivity contribution in [3.8, 4) is 5.75 Å². The van der Waals surface area contributed by atoms with Crippen LogP contribution in [0, 0.1) is 0 Å². The van der Waals surface area contributed by atoms with Crippen molar-refractivity contribution in [2.75, 3.05) is 7.11 Å². The first-order valence-electron chi connectivity index (χ1n) is 9.79. The van der Waals surface area contributed by atoms with Gasteiger partial charge >= 0.3 is 5.97 Å². The van der Waals surface area contributed by atoms with E-state index in [1.54, 1.807) is 6.07 Å². The zero-order valence-electron chi connectivity index (χ0n) is 16.7. The maximum atomic E-state index is 12.2. The first kappa shape index (κ1) is 19.5. The van der Waals surface area contributed by atoms with Crippen molar-refractivity contribution in [1.29, 1.82) is 0 Å². The molecule has 30 heavy (non-hydrogen) atoms. The summed E-state index contributed by atoms with van der Waals surface area (Å²) in [6.45, 7) is 0.414. The van der Waals surface area contributed by atoms with Gasteiger partial charge in [0, 0.05) is 5.39 Å². The third-order valence-electron chi connectivity index (χ3n) is 4.91. The van der Waals surface area contributed by atoms with Crippen LogP contribution in [0.3, 0.4) is 0 Å². The van der Waals surface area contributed by atoms with Crippen molar-refractivity contribution < 1.29 is 14.3 Å². The molecule has 0 radical (unpaired) electrons. The van der Waals surface area contributed by atoms with Gasteiger partial charge in [-0.25, -0.2) is 4.79 Å². The highest BCUT2D eigenvalue weighted by molar-refractivity contribution is 6.07. The van der Waals surface area contributed by atoms with Crippen LogP contribution in [-0.2, 0) is 11.3 Å². The summed E-state index contributed by atoms with van der Waals surface area (Å²) in [6.07, 6.45) is 4.18. The van der Waals surface area contributed by atoms with Crippen molar-refractivity contribution in [1.82, 2.24) is 0 Å². The Kier molecular flexibility index (Phi) is 5.90. The second kappa shape index (κ2) is 9.10. The molecule has 0 fully saturated rings. The lowest BCUT2D eigenvalue weighted by Gasteiger charge is -2.12. The first-order chi connectivity index (χ1) is 14.7. The third kappa shape index (κ3) is 4.41. The lowest BCUT2D eigenvalue weighted by Crippen LogP contribution is -2.04. The highest BCUT2D eigenvalue weighted by Gasteiger charge is 2.14. The van der Waals surface area contributed by atoms with E-state index in [2.05, 4.69) is 48.6 Å². The fourth-order valence-corrected chi connectivity index (χ4v) is 3.35. The van der Waals surface area contributed by atoms with E-state index in [1.807, 2.05) is 48.5 Å². The van der Waals surface area contributed by atoms with Gasteiger partial charge in [-0.05, 0) is 34.2 Å². The molecule has 0 N–H and O–H groups in total. The monoisotopic (exact) mass is 394 g/mol. The van der Waals surface area contributed by atoms with Crippen LogP contribution in [0.4, 0.5) is 0 Å². The van der Waals surface area contributed by atoms with Gasteiger partial charge in [0.15, 0.2) is 0 Å². The summed E-state index contributed by atoms with van der Waals surface area (Å²) in [5.41, 5.74) is 3.86. The molecule has 148 valence electrons. The predicted molar refractivity (Wildman–Crippen MR) is 121 cm³/mol. The van der Waals surface area contributed by atoms with E-state index in [9.17, 15) is 4.79 Å². The Balaban J connectivity index is 1.50. The molecule has 0 amide bonds. The van der Waals surface area contributed by atoms with Crippen LogP contribution in [0.1, 0.15) is 27.0 Å². The van der Waals surface area contributed by atoms with Crippen LogP contribution < -0.4 is 4.74 Å². The Labute approximate surface area is 176 Å². The lowest BCUT2D eigenvalue weighted by molar-refractivity contribution is 0.0602. The predicted octanol–water partition coefficient (Wildman–Crippen LogP) is 6.38. The van der Waals surface area contributed by atoms with Crippen LogP contribution in [0.25, 0.3) is 22.9 Å². The van der Waals surface area contributed by atoms with Crippen LogP contribution >= 0.6 is 0 Å². The molecule has 0 saturated carbocycles. The number of hydrogen-bond donors (Lipinski definition) is 0. The van der Waals surface area contributed by atoms with Gasteiger partial charge in [0.25, 0.3) is 0 Å². The normalized spacial score (nSPS) is 11.0. The van der Waals surface area contributed by atoms with Crippen molar-refractivity contribution >= 4 is 28.9 Å². The summed E-state index contributed by atoms with van der Waals surface area (Å²) in [5.74, 6) is 0.299. The summed E-state index contributed by atoms with van der Waals surface area (Å²) >= 11 is 0. The molecule has 0 unspecified atom stereocenters. The number of hydrogen-bond acceptors (Lipinski definition) is 3. The van der Waals surface area contributed by atoms with E-state index in [4.69, 9.17) is 9.47 Å². The fourth-order valence-electron chi connectivity index (χ4n) is 3.35. The Bertz CT molecular complexity index is 1170. The number of esters is 1. The number of carbonyl (C=O) groups excluding carboxylic acids is 1. The van der Waals surface area contributed by atoms with Gasteiger partial charge in [0.05, 0.1) is 12.7 Å². The molecule has 0 saturated heterocycles. The second-order valence-electron chi connectivity index (χ2n) is 6.93. The minimum absolute atomic E-state index is 0.369. The minimum atomic E-state index is -0.369. The maximum absolute atomic E-state index is 12.2. The zero-order chi connectivity index (χ0) is 20.8. The van der Waals surface area contributed by atoms with Gasteiger partial charge in [-0.3, -0.25) is 0 Å². The molecule has 0 atom stereocenters. The SMILES string of the molecule is COC(=O)c1cccc2cccc(OCc3ccc(C=Cc4ccccc4)cc3)c12. The Morgan fingerprint density at radius 3 is 2.13 bits per heavy atom. The average Bonchev–Trinajstić information content (AvgIpc) is 2.81. The van der Waals surface area contributed by atoms with E-state index in [0.717, 1.165) is 21.9 Å². The first-order valence-corrected chi connectivity index (χ1v) is 9.79. The van der Waals surface area contributed by atoms with E-state index < -0.39 is 0 Å². The van der Waals surface area contributed by atoms with Gasteiger partial charge in [0.1, 0.15) is 12.4 Å². The third-order valence-corrected chi connectivity index (χ3v) is 4.91. The second-order valence-corrected chi connectivity index (χ2v) is 6.93. The van der Waals surface area contributed by atoms with E-state index in [1.165, 1.54) is 12.7 Å². The highest BCUT2D eigenvalue weighted by atomic mass is 16.5. The van der Waals surface area contributed by atoms with Crippen molar-refractivity contribution in [2.45, 2.75) is 6.61 Å². The van der Waals surface area contributed by atoms with Gasteiger partial charge in [-0.2, -0.15) is 0 Å². The largest absolute Gasteiger partial charge is 0.488 e. The summed E-state index contributed by atoms with van der Waals surface area (Å²) in [4.78, 5) is 12.2. The molecule has 0 aliphatic rings. The minimum Gasteiger partial charge on any atom is -0.488 e. The van der Waals surface area contributed by atoms with Crippen LogP contribution in [0.2, 0.25) is 0 Å². The van der Waals surface area contributed by atoms with Crippen molar-refractivity contribution in [3.05, 3.63) is 113 Å². The van der Waals surface area contributed by atoms with E-state index in [-0.39, 0.29) is 5.97 Å². The molecule has 0 aliphatic heterocycles. The molecule has 4 aromatic rings. The number of benzene rings is 4. The summed E-state index contributed by atoms with van der Waals surface area (Å²) in [6, 6.07) is 29.8. The molecule has 0 bridgehead atoms. The van der Waals surface area contributed by atoms with Crippen LogP contribution in [-0.4, -0.2) is 13.1 Å². The smallest absolute Gasteiger partial charge is 0.338 e. The lowest BCUT2D eigenvalue weighted by atomic mass is 10.0. The molecule has 0 heterocycles. The van der Waals surface area contributed by atoms with Gasteiger partial charge in [-0.1, -0.05) is 91.0 Å². The number of ether oxygens (including phenoxy) is 2. The van der Waals surface area contributed by atoms with E-state index >= 15 is 0 Å². The molecular formula is C27H22O3. The Morgan fingerprint density at radius 1 is 0.767 bits per heavy atom. The van der Waals surface area contributed by atoms with Crippen molar-refractivity contribution in [2.24, 2.45) is 0 Å². The van der Waals surface area contributed by atoms with Crippen molar-refractivity contribution in [3.63, 3.8) is 0 Å². The van der Waals surface area contributed by atoms with Gasteiger partial charge in [-0.15, -0.1) is 0 Å². The Hall–Kier alpha value is -3.85. The molecular weight excluding hydrogens is 372 g/mol. The van der Waals surface area contributed by atoms with Gasteiger partial charge in [0.2, 0.25) is 0 Å². The molecule has 4 aromatic carbocycles. The number of carbonyl (C=O) groups is 1. The topological polar surface area (TPSA) is 35.5 Å². The molecule has 0 aromatic heterocycles.